The van der Waals surface area contributed by atoms with Crippen LogP contribution in [0, 0.1) is 0 Å². The lowest BCUT2D eigenvalue weighted by molar-refractivity contribution is -0.137. The van der Waals surface area contributed by atoms with Gasteiger partial charge in [-0.1, -0.05) is 18.9 Å². The summed E-state index contributed by atoms with van der Waals surface area (Å²) in [6.45, 7) is 3.23. The zero-order valence-electron chi connectivity index (χ0n) is 14.1. The van der Waals surface area contributed by atoms with Crippen LogP contribution in [0.1, 0.15) is 38.2 Å². The van der Waals surface area contributed by atoms with Gasteiger partial charge in [0.15, 0.2) is 0 Å². The van der Waals surface area contributed by atoms with E-state index in [1.165, 1.54) is 12.1 Å². The Hall–Kier alpha value is -2.25. The molecule has 1 fully saturated rings. The fraction of sp³-hybridized carbons (Fsp3) is 0.529. The molecule has 1 aromatic rings. The Kier molecular flexibility index (Phi) is 6.66. The van der Waals surface area contributed by atoms with Gasteiger partial charge >= 0.3 is 12.1 Å². The molecule has 25 heavy (non-hydrogen) atoms. The summed E-state index contributed by atoms with van der Waals surface area (Å²) in [5.41, 5.74) is 1.94. The molecule has 8 heteroatoms. The molecule has 0 bridgehead atoms. The van der Waals surface area contributed by atoms with Gasteiger partial charge in [0.1, 0.15) is 0 Å². The molecule has 1 heterocycles. The van der Waals surface area contributed by atoms with Crippen molar-refractivity contribution in [1.82, 2.24) is 4.90 Å². The molecule has 138 valence electrons. The molecule has 2 rings (SSSR count). The third-order valence-corrected chi connectivity index (χ3v) is 3.84. The zero-order valence-corrected chi connectivity index (χ0v) is 14.1. The van der Waals surface area contributed by atoms with Crippen molar-refractivity contribution in [2.75, 3.05) is 25.1 Å². The van der Waals surface area contributed by atoms with Crippen molar-refractivity contribution >= 4 is 17.5 Å². The Morgan fingerprint density at radius 3 is 2.52 bits per heavy atom. The first-order valence-electron chi connectivity index (χ1n) is 8.35. The predicted octanol–water partition coefficient (Wildman–Crippen LogP) is 3.87. The van der Waals surface area contributed by atoms with E-state index < -0.39 is 17.7 Å². The molecular weight excluding hydrogens is 335 g/mol. The number of nitrogens with one attached hydrogen (secondary N) is 1. The van der Waals surface area contributed by atoms with Crippen LogP contribution in [0.4, 0.5) is 18.9 Å². The molecule has 1 N–H and O–H groups in total. The van der Waals surface area contributed by atoms with E-state index in [9.17, 15) is 18.0 Å². The molecule has 1 saturated heterocycles. The normalized spacial score (nSPS) is 16.3. The summed E-state index contributed by atoms with van der Waals surface area (Å²) in [6.07, 6.45) is -0.415. The SMILES string of the molecule is CCOC(=O)/C(=N/Nc1cccc(C(F)(F)F)c1)N1CCCCCC1. The molecule has 0 saturated carbocycles. The molecule has 0 spiro atoms. The van der Waals surface area contributed by atoms with Gasteiger partial charge in [-0.15, -0.1) is 5.10 Å². The monoisotopic (exact) mass is 357 g/mol. The number of nitrogens with zero attached hydrogens (tertiary/aromatic N) is 2. The van der Waals surface area contributed by atoms with E-state index >= 15 is 0 Å². The smallest absolute Gasteiger partial charge is 0.416 e. The van der Waals surface area contributed by atoms with Crippen LogP contribution in [0.5, 0.6) is 0 Å². The van der Waals surface area contributed by atoms with Gasteiger partial charge in [0.2, 0.25) is 5.84 Å². The second-order valence-electron chi connectivity index (χ2n) is 5.75. The number of likely N-dealkylation sites (tertiary alicyclic amines) is 1. The summed E-state index contributed by atoms with van der Waals surface area (Å²) >= 11 is 0. The largest absolute Gasteiger partial charge is 0.460 e. The number of alkyl halides is 3. The molecule has 0 amide bonds. The van der Waals surface area contributed by atoms with Crippen LogP contribution < -0.4 is 5.43 Å². The van der Waals surface area contributed by atoms with Crippen molar-refractivity contribution in [3.05, 3.63) is 29.8 Å². The summed E-state index contributed by atoms with van der Waals surface area (Å²) in [5.74, 6) is -0.481. The molecule has 5 nitrogen and oxygen atoms in total. The Balaban J connectivity index is 2.20. The van der Waals surface area contributed by atoms with Crippen LogP contribution in [0.15, 0.2) is 29.4 Å². The average Bonchev–Trinajstić information content (AvgIpc) is 2.84. The van der Waals surface area contributed by atoms with E-state index in [4.69, 9.17) is 4.74 Å². The highest BCUT2D eigenvalue weighted by Crippen LogP contribution is 2.30. The van der Waals surface area contributed by atoms with Gasteiger partial charge in [-0.2, -0.15) is 13.2 Å². The van der Waals surface area contributed by atoms with Crippen molar-refractivity contribution in [2.45, 2.75) is 38.8 Å². The summed E-state index contributed by atoms with van der Waals surface area (Å²) in [4.78, 5) is 14.0. The number of carbonyl (C=O) groups is 1. The number of hydrazone groups is 1. The molecule has 1 aliphatic rings. The van der Waals surface area contributed by atoms with Crippen LogP contribution in [0.25, 0.3) is 0 Å². The van der Waals surface area contributed by atoms with Crippen molar-refractivity contribution in [3.8, 4) is 0 Å². The number of rotatable bonds is 3. The predicted molar refractivity (Wildman–Crippen MR) is 89.2 cm³/mol. The lowest BCUT2D eigenvalue weighted by Gasteiger charge is -2.22. The van der Waals surface area contributed by atoms with E-state index in [0.29, 0.717) is 13.1 Å². The summed E-state index contributed by atoms with van der Waals surface area (Å²) < 4.78 is 43.4. The van der Waals surface area contributed by atoms with Gasteiger partial charge < -0.3 is 9.64 Å². The first kappa shape index (κ1) is 19.1. The molecule has 0 aliphatic carbocycles. The van der Waals surface area contributed by atoms with Gasteiger partial charge in [-0.25, -0.2) is 4.79 Å². The van der Waals surface area contributed by atoms with E-state index in [1.807, 2.05) is 4.90 Å². The maximum atomic E-state index is 12.8. The second kappa shape index (κ2) is 8.73. The maximum absolute atomic E-state index is 12.8. The van der Waals surface area contributed by atoms with Crippen molar-refractivity contribution < 1.29 is 22.7 Å². The van der Waals surface area contributed by atoms with Crippen LogP contribution in [0.2, 0.25) is 0 Å². The highest BCUT2D eigenvalue weighted by molar-refractivity contribution is 6.35. The van der Waals surface area contributed by atoms with Crippen LogP contribution in [-0.2, 0) is 15.7 Å². The summed E-state index contributed by atoms with van der Waals surface area (Å²) in [7, 11) is 0. The fourth-order valence-corrected chi connectivity index (χ4v) is 2.61. The molecule has 0 atom stereocenters. The number of hydrogen-bond acceptors (Lipinski definition) is 4. The molecule has 1 aromatic carbocycles. The number of carbonyl (C=O) groups excluding carboxylic acids is 1. The molecule has 0 aromatic heterocycles. The first-order valence-corrected chi connectivity index (χ1v) is 8.35. The van der Waals surface area contributed by atoms with Crippen LogP contribution in [-0.4, -0.2) is 36.4 Å². The molecular formula is C17H22F3N3O2. The van der Waals surface area contributed by atoms with Gasteiger partial charge in [0.05, 0.1) is 17.9 Å². The van der Waals surface area contributed by atoms with Crippen LogP contribution >= 0.6 is 0 Å². The number of ether oxygens (including phenoxy) is 1. The third-order valence-electron chi connectivity index (χ3n) is 3.84. The lowest BCUT2D eigenvalue weighted by atomic mass is 10.2. The lowest BCUT2D eigenvalue weighted by Crippen LogP contribution is -2.39. The van der Waals surface area contributed by atoms with Crippen LogP contribution in [0.3, 0.4) is 0 Å². The second-order valence-corrected chi connectivity index (χ2v) is 5.75. The maximum Gasteiger partial charge on any atom is 0.416 e. The van der Waals surface area contributed by atoms with Gasteiger partial charge in [0.25, 0.3) is 0 Å². The van der Waals surface area contributed by atoms with E-state index in [1.54, 1.807) is 6.92 Å². The number of hydrogen-bond donors (Lipinski definition) is 1. The molecule has 1 aliphatic heterocycles. The summed E-state index contributed by atoms with van der Waals surface area (Å²) in [5, 5.41) is 4.05. The first-order chi connectivity index (χ1) is 11.9. The van der Waals surface area contributed by atoms with Gasteiger partial charge in [0, 0.05) is 13.1 Å². The Bertz CT molecular complexity index is 609. The number of amidine groups is 1. The Morgan fingerprint density at radius 2 is 1.92 bits per heavy atom. The minimum absolute atomic E-state index is 0.0983. The van der Waals surface area contributed by atoms with Crippen molar-refractivity contribution in [1.29, 1.82) is 0 Å². The average molecular weight is 357 g/mol. The Labute approximate surface area is 144 Å². The van der Waals surface area contributed by atoms with Gasteiger partial charge in [-0.3, -0.25) is 5.43 Å². The minimum Gasteiger partial charge on any atom is -0.460 e. The quantitative estimate of drug-likeness (QED) is 0.386. The fourth-order valence-electron chi connectivity index (χ4n) is 2.61. The third kappa shape index (κ3) is 5.65. The number of benzene rings is 1. The summed E-state index contributed by atoms with van der Waals surface area (Å²) in [6, 6.07) is 4.69. The minimum atomic E-state index is -4.43. The Morgan fingerprint density at radius 1 is 1.24 bits per heavy atom. The molecule has 0 radical (unpaired) electrons. The van der Waals surface area contributed by atoms with E-state index in [2.05, 4.69) is 10.5 Å². The number of anilines is 1. The van der Waals surface area contributed by atoms with Gasteiger partial charge in [-0.05, 0) is 38.0 Å². The highest BCUT2D eigenvalue weighted by Gasteiger charge is 2.30. The van der Waals surface area contributed by atoms with E-state index in [-0.39, 0.29) is 18.1 Å². The topological polar surface area (TPSA) is 53.9 Å². The molecule has 0 unspecified atom stereocenters. The van der Waals surface area contributed by atoms with E-state index in [0.717, 1.165) is 37.8 Å². The zero-order chi connectivity index (χ0) is 18.3. The van der Waals surface area contributed by atoms with Crippen molar-refractivity contribution in [3.63, 3.8) is 0 Å². The van der Waals surface area contributed by atoms with Crippen molar-refractivity contribution in [2.24, 2.45) is 5.10 Å². The number of esters is 1. The highest BCUT2D eigenvalue weighted by atomic mass is 19.4. The number of halogens is 3. The standard InChI is InChI=1S/C17H22F3N3O2/c1-2-25-16(24)15(23-10-5-3-4-6-11-23)22-21-14-9-7-8-13(12-14)17(18,19)20/h7-9,12,21H,2-6,10-11H2,1H3/b22-15-.